The van der Waals surface area contributed by atoms with Crippen molar-refractivity contribution in [1.82, 2.24) is 0 Å². The molecule has 0 aliphatic rings. The fraction of sp³-hybridized carbons (Fsp3) is 0.188. The van der Waals surface area contributed by atoms with Crippen molar-refractivity contribution in [2.24, 2.45) is 0 Å². The lowest BCUT2D eigenvalue weighted by atomic mass is 10.1. The third kappa shape index (κ3) is 9.68. The van der Waals surface area contributed by atoms with E-state index in [0.29, 0.717) is 22.7 Å². The molecule has 4 aromatic rings. The Hall–Kier alpha value is -4.68. The van der Waals surface area contributed by atoms with Crippen LogP contribution in [0.15, 0.2) is 94.7 Å². The van der Waals surface area contributed by atoms with Crippen LogP contribution in [0, 0.1) is 27.7 Å². The zero-order chi connectivity index (χ0) is 32.7. The predicted molar refractivity (Wildman–Crippen MR) is 175 cm³/mol. The van der Waals surface area contributed by atoms with Crippen molar-refractivity contribution in [3.63, 3.8) is 0 Å². The summed E-state index contributed by atoms with van der Waals surface area (Å²) in [5, 5.41) is 5.19. The van der Waals surface area contributed by atoms with Gasteiger partial charge in [0.25, 0.3) is 20.0 Å². The minimum atomic E-state index is -3.65. The lowest BCUT2D eigenvalue weighted by molar-refractivity contribution is -0.115. The molecule has 12 heteroatoms. The molecule has 4 aromatic carbocycles. The summed E-state index contributed by atoms with van der Waals surface area (Å²) in [7, 11) is -7.30. The smallest absolute Gasteiger partial charge is 0.261 e. The molecule has 0 unspecified atom stereocenters. The summed E-state index contributed by atoms with van der Waals surface area (Å²) in [5.74, 6) is -0.410. The van der Waals surface area contributed by atoms with Gasteiger partial charge in [-0.15, -0.1) is 0 Å². The fourth-order valence-corrected chi connectivity index (χ4v) is 5.98. The summed E-state index contributed by atoms with van der Waals surface area (Å²) in [6.45, 7) is 10.6. The van der Waals surface area contributed by atoms with Gasteiger partial charge in [0.1, 0.15) is 0 Å². The monoisotopic (exact) mass is 636 g/mol. The molecule has 0 saturated carbocycles. The van der Waals surface area contributed by atoms with E-state index in [1.54, 1.807) is 48.5 Å². The number of sulfonamides is 2. The van der Waals surface area contributed by atoms with Gasteiger partial charge in [-0.25, -0.2) is 16.8 Å². The third-order valence-corrected chi connectivity index (χ3v) is 9.28. The summed E-state index contributed by atoms with van der Waals surface area (Å²) < 4.78 is 54.4. The molecule has 232 valence electrons. The van der Waals surface area contributed by atoms with Crippen molar-refractivity contribution in [1.29, 1.82) is 0 Å². The predicted octanol–water partition coefficient (Wildman–Crippen LogP) is 6.13. The number of hydrogen-bond donors (Lipinski definition) is 4. The van der Waals surface area contributed by atoms with Crippen LogP contribution in [0.1, 0.15) is 36.1 Å². The molecule has 0 fully saturated rings. The normalized spacial score (nSPS) is 11.0. The van der Waals surface area contributed by atoms with Gasteiger partial charge in [0.05, 0.1) is 9.79 Å². The highest BCUT2D eigenvalue weighted by Crippen LogP contribution is 2.22. The average Bonchev–Trinajstić information content (AvgIpc) is 2.93. The first kappa shape index (κ1) is 33.8. The summed E-state index contributed by atoms with van der Waals surface area (Å²) in [6, 6.07) is 22.8. The van der Waals surface area contributed by atoms with Crippen molar-refractivity contribution in [3.05, 3.63) is 107 Å². The summed E-state index contributed by atoms with van der Waals surface area (Å²) in [6.07, 6.45) is 0. The van der Waals surface area contributed by atoms with Crippen LogP contribution in [0.2, 0.25) is 0 Å². The van der Waals surface area contributed by atoms with Crippen LogP contribution in [0.4, 0.5) is 22.7 Å². The fourth-order valence-electron chi connectivity index (χ4n) is 3.88. The molecule has 0 bridgehead atoms. The second-order valence-electron chi connectivity index (χ2n) is 10.2. The molecule has 2 amide bonds. The summed E-state index contributed by atoms with van der Waals surface area (Å²) >= 11 is 0. The molecule has 4 rings (SSSR count). The topological polar surface area (TPSA) is 151 Å². The first-order valence-electron chi connectivity index (χ1n) is 13.5. The van der Waals surface area contributed by atoms with Gasteiger partial charge in [0.15, 0.2) is 0 Å². The first-order valence-corrected chi connectivity index (χ1v) is 16.5. The number of nitrogens with one attached hydrogen (secondary N) is 4. The van der Waals surface area contributed by atoms with Crippen LogP contribution in [-0.4, -0.2) is 28.6 Å². The summed E-state index contributed by atoms with van der Waals surface area (Å²) in [5.41, 5.74) is 6.38. The number of anilines is 4. The van der Waals surface area contributed by atoms with Gasteiger partial charge in [-0.3, -0.25) is 19.0 Å². The average molecular weight is 637 g/mol. The number of rotatable bonds is 8. The Morgan fingerprint density at radius 1 is 0.455 bits per heavy atom. The standard InChI is InChI=1S/2C16H18N2O3S/c2*1-11-4-5-15(10-12(11)2)18-22(20,21)16-8-6-14(7-9-16)17-13(3)19/h2*4-10,18H,1-3H3,(H,17,19). The molecule has 10 nitrogen and oxygen atoms in total. The van der Waals surface area contributed by atoms with Gasteiger partial charge < -0.3 is 10.6 Å². The molecule has 0 saturated heterocycles. The van der Waals surface area contributed by atoms with E-state index in [-0.39, 0.29) is 21.6 Å². The maximum absolute atomic E-state index is 12.3. The van der Waals surface area contributed by atoms with E-state index in [0.717, 1.165) is 22.3 Å². The Balaban J connectivity index is 0.000000240. The van der Waals surface area contributed by atoms with E-state index < -0.39 is 20.0 Å². The molecule has 0 aromatic heterocycles. The van der Waals surface area contributed by atoms with Gasteiger partial charge in [-0.1, -0.05) is 12.1 Å². The lowest BCUT2D eigenvalue weighted by Gasteiger charge is -2.10. The molecule has 0 heterocycles. The molecular formula is C32H36N4O6S2. The van der Waals surface area contributed by atoms with Gasteiger partial charge in [-0.05, 0) is 123 Å². The van der Waals surface area contributed by atoms with E-state index in [1.165, 1.54) is 38.1 Å². The van der Waals surface area contributed by atoms with Crippen LogP contribution < -0.4 is 20.1 Å². The van der Waals surface area contributed by atoms with Crippen molar-refractivity contribution < 1.29 is 26.4 Å². The largest absolute Gasteiger partial charge is 0.326 e. The Bertz CT molecular complexity index is 1730. The van der Waals surface area contributed by atoms with E-state index >= 15 is 0 Å². The maximum atomic E-state index is 12.3. The number of amides is 2. The number of aryl methyl sites for hydroxylation is 4. The zero-order valence-corrected chi connectivity index (χ0v) is 27.0. The van der Waals surface area contributed by atoms with E-state index in [1.807, 2.05) is 39.8 Å². The number of hydrogen-bond acceptors (Lipinski definition) is 6. The van der Waals surface area contributed by atoms with Gasteiger partial charge >= 0.3 is 0 Å². The quantitative estimate of drug-likeness (QED) is 0.183. The minimum absolute atomic E-state index is 0.139. The number of carbonyl (C=O) groups is 2. The molecule has 44 heavy (non-hydrogen) atoms. The third-order valence-electron chi connectivity index (χ3n) is 6.49. The maximum Gasteiger partial charge on any atom is 0.261 e. The van der Waals surface area contributed by atoms with Crippen LogP contribution in [-0.2, 0) is 29.6 Å². The molecule has 0 aliphatic heterocycles. The van der Waals surface area contributed by atoms with E-state index in [9.17, 15) is 26.4 Å². The Morgan fingerprint density at radius 3 is 1.02 bits per heavy atom. The Kier molecular flexibility index (Phi) is 10.9. The molecule has 0 aliphatic carbocycles. The van der Waals surface area contributed by atoms with Gasteiger partial charge in [0.2, 0.25) is 11.8 Å². The molecule has 0 spiro atoms. The highest BCUT2D eigenvalue weighted by atomic mass is 32.2. The van der Waals surface area contributed by atoms with Crippen molar-refractivity contribution in [3.8, 4) is 0 Å². The Morgan fingerprint density at radius 2 is 0.750 bits per heavy atom. The zero-order valence-electron chi connectivity index (χ0n) is 25.3. The van der Waals surface area contributed by atoms with Gasteiger partial charge in [0, 0.05) is 36.6 Å². The first-order chi connectivity index (χ1) is 20.6. The molecule has 0 radical (unpaired) electrons. The van der Waals surface area contributed by atoms with Crippen molar-refractivity contribution >= 4 is 54.6 Å². The highest BCUT2D eigenvalue weighted by Gasteiger charge is 2.15. The lowest BCUT2D eigenvalue weighted by Crippen LogP contribution is -2.13. The SMILES string of the molecule is CC(=O)Nc1ccc(S(=O)(=O)Nc2ccc(C)c(C)c2)cc1.CC(=O)Nc1ccc(S(=O)(=O)Nc2ccc(C)c(C)c2)cc1. The Labute approximate surface area is 259 Å². The summed E-state index contributed by atoms with van der Waals surface area (Å²) in [4.78, 5) is 22.2. The van der Waals surface area contributed by atoms with Crippen molar-refractivity contribution in [2.75, 3.05) is 20.1 Å². The minimum Gasteiger partial charge on any atom is -0.326 e. The molecule has 4 N–H and O–H groups in total. The molecular weight excluding hydrogens is 601 g/mol. The van der Waals surface area contributed by atoms with Crippen LogP contribution in [0.5, 0.6) is 0 Å². The van der Waals surface area contributed by atoms with Crippen LogP contribution >= 0.6 is 0 Å². The van der Waals surface area contributed by atoms with Crippen LogP contribution in [0.3, 0.4) is 0 Å². The van der Waals surface area contributed by atoms with Crippen molar-refractivity contribution in [2.45, 2.75) is 51.3 Å². The second kappa shape index (κ2) is 14.2. The van der Waals surface area contributed by atoms with Crippen LogP contribution in [0.25, 0.3) is 0 Å². The highest BCUT2D eigenvalue weighted by molar-refractivity contribution is 7.93. The van der Waals surface area contributed by atoms with E-state index in [2.05, 4.69) is 20.1 Å². The van der Waals surface area contributed by atoms with Gasteiger partial charge in [-0.2, -0.15) is 0 Å². The number of benzene rings is 4. The number of carbonyl (C=O) groups excluding carboxylic acids is 2. The second-order valence-corrected chi connectivity index (χ2v) is 13.6. The molecule has 0 atom stereocenters. The van der Waals surface area contributed by atoms with E-state index in [4.69, 9.17) is 0 Å².